The summed E-state index contributed by atoms with van der Waals surface area (Å²) in [6.07, 6.45) is -0.963. The average molecular weight is 556 g/mol. The molecule has 0 spiro atoms. The molecule has 0 bridgehead atoms. The summed E-state index contributed by atoms with van der Waals surface area (Å²) in [4.78, 5) is 32.1. The Hall–Kier alpha value is -3.29. The number of hydrogen-bond acceptors (Lipinski definition) is 5. The number of carbonyl (C=O) groups is 2. The zero-order valence-electron chi connectivity index (χ0n) is 23.0. The van der Waals surface area contributed by atoms with E-state index in [0.29, 0.717) is 37.1 Å². The van der Waals surface area contributed by atoms with Crippen LogP contribution in [0.15, 0.2) is 30.3 Å². The summed E-state index contributed by atoms with van der Waals surface area (Å²) in [6, 6.07) is 8.85. The van der Waals surface area contributed by atoms with E-state index in [0.717, 1.165) is 35.3 Å². The molecule has 39 heavy (non-hydrogen) atoms. The van der Waals surface area contributed by atoms with Crippen molar-refractivity contribution in [2.75, 3.05) is 11.9 Å². The van der Waals surface area contributed by atoms with Gasteiger partial charge >= 0.3 is 0 Å². The molecule has 0 radical (unpaired) electrons. The Kier molecular flexibility index (Phi) is 8.72. The summed E-state index contributed by atoms with van der Waals surface area (Å²) in [5.74, 6) is 4.91. The lowest BCUT2D eigenvalue weighted by molar-refractivity contribution is -0.126. The second-order valence-electron chi connectivity index (χ2n) is 11.0. The fourth-order valence-corrected chi connectivity index (χ4v) is 5.34. The predicted molar refractivity (Wildman–Crippen MR) is 151 cm³/mol. The van der Waals surface area contributed by atoms with E-state index in [-0.39, 0.29) is 27.1 Å². The molecule has 2 N–H and O–H groups in total. The molecule has 0 unspecified atom stereocenters. The summed E-state index contributed by atoms with van der Waals surface area (Å²) in [5, 5.41) is 6.39. The van der Waals surface area contributed by atoms with Crippen molar-refractivity contribution in [2.45, 2.75) is 79.1 Å². The van der Waals surface area contributed by atoms with Crippen LogP contribution >= 0.6 is 11.3 Å². The largest absolute Gasteiger partial charge is 0.327 e. The molecule has 2 atom stereocenters. The van der Waals surface area contributed by atoms with Gasteiger partial charge in [0.05, 0.1) is 26.8 Å². The van der Waals surface area contributed by atoms with Crippen molar-refractivity contribution in [3.8, 4) is 11.8 Å². The second kappa shape index (κ2) is 11.8. The van der Waals surface area contributed by atoms with Crippen molar-refractivity contribution < 1.29 is 18.4 Å². The first-order valence-electron chi connectivity index (χ1n) is 13.1. The molecule has 1 fully saturated rings. The van der Waals surface area contributed by atoms with Gasteiger partial charge in [0.1, 0.15) is 0 Å². The van der Waals surface area contributed by atoms with E-state index < -0.39 is 12.3 Å². The number of likely N-dealkylation sites (tertiary alicyclic amines) is 1. The van der Waals surface area contributed by atoms with Crippen molar-refractivity contribution in [3.05, 3.63) is 45.6 Å². The highest BCUT2D eigenvalue weighted by molar-refractivity contribution is 7.14. The number of amides is 2. The number of thiophene rings is 1. The first kappa shape index (κ1) is 28.7. The number of aromatic nitrogens is 2. The van der Waals surface area contributed by atoms with Crippen LogP contribution in [0.5, 0.6) is 0 Å². The minimum absolute atomic E-state index is 0.104. The van der Waals surface area contributed by atoms with E-state index in [4.69, 9.17) is 4.98 Å². The molecule has 0 saturated carbocycles. The number of anilines is 1. The van der Waals surface area contributed by atoms with Gasteiger partial charge in [0.2, 0.25) is 5.95 Å². The van der Waals surface area contributed by atoms with Gasteiger partial charge in [-0.05, 0) is 67.9 Å². The SMILES string of the molecule is CC#CC(=O)N1CCC[C@@H]1Cn1c(NC(=O)c2ccc(C(F)F)s2)nc2cc(CN[C@@H](C)C(C)(C)C)ccc21. The lowest BCUT2D eigenvalue weighted by atomic mass is 9.88. The number of benzene rings is 1. The van der Waals surface area contributed by atoms with E-state index in [1.165, 1.54) is 12.1 Å². The van der Waals surface area contributed by atoms with Crippen molar-refractivity contribution in [1.29, 1.82) is 0 Å². The van der Waals surface area contributed by atoms with Crippen molar-refractivity contribution >= 4 is 40.1 Å². The molecule has 3 heterocycles. The van der Waals surface area contributed by atoms with E-state index in [1.54, 1.807) is 11.8 Å². The highest BCUT2D eigenvalue weighted by atomic mass is 32.1. The third-order valence-corrected chi connectivity index (χ3v) is 8.37. The summed E-state index contributed by atoms with van der Waals surface area (Å²) < 4.78 is 28.1. The Bertz CT molecular complexity index is 1410. The van der Waals surface area contributed by atoms with Crippen molar-refractivity contribution in [2.24, 2.45) is 5.41 Å². The van der Waals surface area contributed by atoms with Crippen LogP contribution in [0.25, 0.3) is 11.0 Å². The summed E-state index contributed by atoms with van der Waals surface area (Å²) in [7, 11) is 0. The molecule has 1 aliphatic rings. The lowest BCUT2D eigenvalue weighted by Gasteiger charge is -2.28. The predicted octanol–water partition coefficient (Wildman–Crippen LogP) is 5.83. The summed E-state index contributed by atoms with van der Waals surface area (Å²) >= 11 is 0.762. The van der Waals surface area contributed by atoms with Crippen molar-refractivity contribution in [1.82, 2.24) is 19.8 Å². The number of carbonyl (C=O) groups excluding carboxylic acids is 2. The fourth-order valence-electron chi connectivity index (χ4n) is 4.58. The smallest absolute Gasteiger partial charge is 0.298 e. The van der Waals surface area contributed by atoms with E-state index in [9.17, 15) is 18.4 Å². The van der Waals surface area contributed by atoms with E-state index in [2.05, 4.69) is 50.2 Å². The third kappa shape index (κ3) is 6.65. The molecular weight excluding hydrogens is 520 g/mol. The number of imidazole rings is 1. The number of rotatable bonds is 8. The lowest BCUT2D eigenvalue weighted by Crippen LogP contribution is -2.37. The van der Waals surface area contributed by atoms with E-state index >= 15 is 0 Å². The van der Waals surface area contributed by atoms with Gasteiger partial charge in [0.25, 0.3) is 18.2 Å². The minimum Gasteiger partial charge on any atom is -0.327 e. The van der Waals surface area contributed by atoms with Crippen LogP contribution < -0.4 is 10.6 Å². The van der Waals surface area contributed by atoms with Crippen LogP contribution in [-0.4, -0.2) is 44.9 Å². The molecule has 4 rings (SSSR count). The number of alkyl halides is 2. The molecule has 2 amide bonds. The first-order chi connectivity index (χ1) is 18.5. The third-order valence-electron chi connectivity index (χ3n) is 7.28. The average Bonchev–Trinajstić information content (AvgIpc) is 3.61. The maximum Gasteiger partial charge on any atom is 0.298 e. The molecule has 0 aliphatic carbocycles. The molecule has 1 saturated heterocycles. The number of nitrogens with one attached hydrogen (secondary N) is 2. The molecule has 2 aromatic heterocycles. The standard InChI is InChI=1S/C29H35F2N5O2S/c1-6-8-25(37)35-14-7-9-20(35)17-36-22-11-10-19(16-32-18(2)29(3,4)5)15-21(22)33-28(36)34-27(38)24-13-12-23(39-24)26(30)31/h10-13,15,18,20,26,32H,7,9,14,16-17H2,1-5H3,(H,33,34,38)/t18-,20+/m0/s1. The quantitative estimate of drug-likeness (QED) is 0.343. The van der Waals surface area contributed by atoms with Crippen LogP contribution in [0.2, 0.25) is 0 Å². The summed E-state index contributed by atoms with van der Waals surface area (Å²) in [6.45, 7) is 12.1. The number of nitrogens with zero attached hydrogens (tertiary/aromatic N) is 3. The van der Waals surface area contributed by atoms with Gasteiger partial charge in [-0.2, -0.15) is 0 Å². The Morgan fingerprint density at radius 1 is 1.23 bits per heavy atom. The summed E-state index contributed by atoms with van der Waals surface area (Å²) in [5.41, 5.74) is 2.69. The van der Waals surface area contributed by atoms with Crippen LogP contribution in [0, 0.1) is 17.3 Å². The minimum atomic E-state index is -2.63. The monoisotopic (exact) mass is 555 g/mol. The number of halogens is 2. The van der Waals surface area contributed by atoms with Gasteiger partial charge in [-0.3, -0.25) is 14.9 Å². The Morgan fingerprint density at radius 2 is 2.00 bits per heavy atom. The van der Waals surface area contributed by atoms with Crippen LogP contribution in [-0.2, 0) is 17.9 Å². The molecule has 208 valence electrons. The topological polar surface area (TPSA) is 79.3 Å². The number of fused-ring (bicyclic) bond motifs is 1. The number of hydrogen-bond donors (Lipinski definition) is 2. The van der Waals surface area contributed by atoms with Crippen LogP contribution in [0.3, 0.4) is 0 Å². The Balaban J connectivity index is 1.65. The van der Waals surface area contributed by atoms with Crippen LogP contribution in [0.4, 0.5) is 14.7 Å². The first-order valence-corrected chi connectivity index (χ1v) is 13.9. The zero-order valence-corrected chi connectivity index (χ0v) is 23.8. The highest BCUT2D eigenvalue weighted by Gasteiger charge is 2.30. The Morgan fingerprint density at radius 3 is 2.67 bits per heavy atom. The van der Waals surface area contributed by atoms with Gasteiger partial charge in [0.15, 0.2) is 0 Å². The second-order valence-corrected chi connectivity index (χ2v) is 12.1. The maximum atomic E-state index is 13.1. The molecule has 1 aliphatic heterocycles. The highest BCUT2D eigenvalue weighted by Crippen LogP contribution is 2.29. The molecule has 10 heteroatoms. The normalized spacial score (nSPS) is 16.4. The van der Waals surface area contributed by atoms with Gasteiger partial charge in [-0.15, -0.1) is 11.3 Å². The molecule has 3 aromatic rings. The van der Waals surface area contributed by atoms with E-state index in [1.807, 2.05) is 22.8 Å². The van der Waals surface area contributed by atoms with Crippen molar-refractivity contribution in [3.63, 3.8) is 0 Å². The molecule has 7 nitrogen and oxygen atoms in total. The maximum absolute atomic E-state index is 13.1. The molecular formula is C29H35F2N5O2S. The fraction of sp³-hybridized carbons (Fsp3) is 0.483. The van der Waals surface area contributed by atoms with Gasteiger partial charge in [0, 0.05) is 25.7 Å². The Labute approximate surface area is 232 Å². The van der Waals surface area contributed by atoms with Gasteiger partial charge in [-0.1, -0.05) is 32.8 Å². The zero-order chi connectivity index (χ0) is 28.3. The van der Waals surface area contributed by atoms with Gasteiger partial charge < -0.3 is 14.8 Å². The molecule has 1 aromatic carbocycles. The van der Waals surface area contributed by atoms with Gasteiger partial charge in [-0.25, -0.2) is 13.8 Å². The van der Waals surface area contributed by atoms with Crippen LogP contribution in [0.1, 0.15) is 74.0 Å².